The first-order chi connectivity index (χ1) is 10.3. The molecule has 4 aliphatic heterocycles. The molecule has 0 aromatic heterocycles. The number of carboxylic acid groups (broad SMARTS) is 1. The summed E-state index contributed by atoms with van der Waals surface area (Å²) in [6.07, 6.45) is 4.18. The van der Waals surface area contributed by atoms with Crippen LogP contribution in [0.25, 0.3) is 0 Å². The van der Waals surface area contributed by atoms with E-state index in [0.29, 0.717) is 0 Å². The normalized spacial score (nSPS) is 47.8. The molecule has 3 saturated heterocycles. The van der Waals surface area contributed by atoms with Crippen LogP contribution < -0.4 is 0 Å². The molecule has 1 N–H and O–H groups in total. The van der Waals surface area contributed by atoms with E-state index in [1.54, 1.807) is 11.8 Å². The van der Waals surface area contributed by atoms with Gasteiger partial charge < -0.3 is 14.6 Å². The zero-order chi connectivity index (χ0) is 15.8. The van der Waals surface area contributed by atoms with E-state index in [1.165, 1.54) is 0 Å². The monoisotopic (exact) mass is 324 g/mol. The lowest BCUT2D eigenvalue weighted by molar-refractivity contribution is -0.168. The maximum absolute atomic E-state index is 12.6. The van der Waals surface area contributed by atoms with Gasteiger partial charge in [0.05, 0.1) is 24.0 Å². The minimum atomic E-state index is -0.888. The van der Waals surface area contributed by atoms with Crippen molar-refractivity contribution in [2.24, 2.45) is 23.7 Å². The van der Waals surface area contributed by atoms with Gasteiger partial charge in [0.1, 0.15) is 5.60 Å². The van der Waals surface area contributed by atoms with Gasteiger partial charge in [-0.25, -0.2) is 0 Å². The molecule has 8 atom stereocenters. The van der Waals surface area contributed by atoms with Crippen molar-refractivity contribution in [2.45, 2.75) is 49.1 Å². The Morgan fingerprint density at radius 1 is 1.09 bits per heavy atom. The summed E-state index contributed by atoms with van der Waals surface area (Å²) in [4.78, 5) is 24.4. The lowest BCUT2D eigenvalue weighted by Gasteiger charge is -2.36. The Kier molecular flexibility index (Phi) is 2.99. The predicted octanol–water partition coefficient (Wildman–Crippen LogP) is 1.71. The van der Waals surface area contributed by atoms with E-state index >= 15 is 0 Å². The minimum Gasteiger partial charge on any atom is -0.481 e. The van der Waals surface area contributed by atoms with Crippen LogP contribution in [0.1, 0.15) is 20.8 Å². The van der Waals surface area contributed by atoms with Crippen molar-refractivity contribution < 1.29 is 24.2 Å². The number of aliphatic carboxylic acids is 1. The molecular formula is C16H20O5S. The number of hydrogen-bond donors (Lipinski definition) is 1. The van der Waals surface area contributed by atoms with Crippen LogP contribution in [-0.2, 0) is 19.1 Å². The minimum absolute atomic E-state index is 0.00843. The van der Waals surface area contributed by atoms with E-state index in [-0.39, 0.29) is 40.5 Å². The van der Waals surface area contributed by atoms with E-state index in [9.17, 15) is 14.7 Å². The highest BCUT2D eigenvalue weighted by Crippen LogP contribution is 2.65. The number of fused-ring (bicyclic) bond motifs is 9. The molecule has 4 rings (SSSR count). The van der Waals surface area contributed by atoms with Crippen LogP contribution in [0.15, 0.2) is 12.2 Å². The summed E-state index contributed by atoms with van der Waals surface area (Å²) in [5.41, 5.74) is -0.600. The van der Waals surface area contributed by atoms with Crippen molar-refractivity contribution in [3.8, 4) is 0 Å². The van der Waals surface area contributed by atoms with Crippen LogP contribution in [0, 0.1) is 23.7 Å². The second-order valence-electron chi connectivity index (χ2n) is 7.59. The predicted molar refractivity (Wildman–Crippen MR) is 80.4 cm³/mol. The Balaban J connectivity index is 1.66. The maximum Gasteiger partial charge on any atom is 0.311 e. The number of carbonyl (C=O) groups excluding carboxylic acids is 1. The molecule has 0 aromatic carbocycles. The van der Waals surface area contributed by atoms with Gasteiger partial charge >= 0.3 is 11.9 Å². The van der Waals surface area contributed by atoms with Crippen LogP contribution >= 0.6 is 11.8 Å². The number of ether oxygens (including phenoxy) is 2. The van der Waals surface area contributed by atoms with Crippen LogP contribution in [-0.4, -0.2) is 45.4 Å². The topological polar surface area (TPSA) is 72.8 Å². The number of rotatable bonds is 2. The molecule has 22 heavy (non-hydrogen) atoms. The van der Waals surface area contributed by atoms with Gasteiger partial charge in [0, 0.05) is 22.3 Å². The van der Waals surface area contributed by atoms with E-state index in [4.69, 9.17) is 9.47 Å². The average Bonchev–Trinajstić information content (AvgIpc) is 3.12. The molecule has 4 aliphatic rings. The second-order valence-corrected chi connectivity index (χ2v) is 8.95. The lowest BCUT2D eigenvalue weighted by atomic mass is 9.65. The molecule has 0 aromatic rings. The fourth-order valence-corrected chi connectivity index (χ4v) is 6.85. The highest BCUT2D eigenvalue weighted by atomic mass is 32.2. The van der Waals surface area contributed by atoms with Gasteiger partial charge in [-0.3, -0.25) is 9.59 Å². The summed E-state index contributed by atoms with van der Waals surface area (Å²) in [6.45, 7) is 5.44. The third-order valence-corrected chi connectivity index (χ3v) is 6.98. The zero-order valence-electron chi connectivity index (χ0n) is 12.8. The molecule has 4 bridgehead atoms. The SMILES string of the molecule is CC(C)(C)OC(=O)C1C2SC(C1C(=O)O)C1C3C=CC(O3)C21. The molecule has 0 aliphatic carbocycles. The van der Waals surface area contributed by atoms with Gasteiger partial charge in [-0.2, -0.15) is 11.8 Å². The molecular weight excluding hydrogens is 304 g/mol. The molecule has 3 fully saturated rings. The third kappa shape index (κ3) is 1.89. The van der Waals surface area contributed by atoms with Crippen LogP contribution in [0.4, 0.5) is 0 Å². The first-order valence-electron chi connectivity index (χ1n) is 7.73. The van der Waals surface area contributed by atoms with Crippen LogP contribution in [0.5, 0.6) is 0 Å². The highest BCUT2D eigenvalue weighted by molar-refractivity contribution is 8.01. The molecule has 8 unspecified atom stereocenters. The molecule has 0 saturated carbocycles. The maximum atomic E-state index is 12.6. The van der Waals surface area contributed by atoms with Crippen molar-refractivity contribution in [3.63, 3.8) is 0 Å². The third-order valence-electron chi connectivity index (χ3n) is 5.14. The Labute approximate surface area is 133 Å². The molecule has 0 amide bonds. The summed E-state index contributed by atoms with van der Waals surface area (Å²) in [7, 11) is 0. The van der Waals surface area contributed by atoms with Crippen molar-refractivity contribution >= 4 is 23.7 Å². The summed E-state index contributed by atoms with van der Waals surface area (Å²) < 4.78 is 11.4. The fraction of sp³-hybridized carbons (Fsp3) is 0.750. The van der Waals surface area contributed by atoms with Crippen LogP contribution in [0.3, 0.4) is 0 Å². The van der Waals surface area contributed by atoms with Crippen molar-refractivity contribution in [1.82, 2.24) is 0 Å². The van der Waals surface area contributed by atoms with Gasteiger partial charge in [-0.05, 0) is 20.8 Å². The van der Waals surface area contributed by atoms with Crippen molar-refractivity contribution in [3.05, 3.63) is 12.2 Å². The molecule has 120 valence electrons. The Bertz CT molecular complexity index is 565. The first-order valence-corrected chi connectivity index (χ1v) is 8.67. The average molecular weight is 324 g/mol. The molecule has 6 heteroatoms. The summed E-state index contributed by atoms with van der Waals surface area (Å²) in [5.74, 6) is -2.01. The number of carbonyl (C=O) groups is 2. The fourth-order valence-electron chi connectivity index (χ4n) is 4.54. The standard InChI is InChI=1S/C16H20O5S/c1-16(2,3)21-15(19)11-10(14(17)18)12-8-6-4-5-7(20-6)9(8)13(11)22-12/h4-13H,1-3H3,(H,17,18). The summed E-state index contributed by atoms with van der Waals surface area (Å²) in [5, 5.41) is 9.60. The lowest BCUT2D eigenvalue weighted by Crippen LogP contribution is -2.50. The molecule has 0 radical (unpaired) electrons. The summed E-state index contributed by atoms with van der Waals surface area (Å²) in [6, 6.07) is 0. The molecule has 5 nitrogen and oxygen atoms in total. The van der Waals surface area contributed by atoms with E-state index in [2.05, 4.69) is 12.2 Å². The van der Waals surface area contributed by atoms with Gasteiger partial charge in [0.15, 0.2) is 0 Å². The van der Waals surface area contributed by atoms with Gasteiger partial charge in [0.2, 0.25) is 0 Å². The van der Waals surface area contributed by atoms with Gasteiger partial charge in [-0.1, -0.05) is 12.2 Å². The highest BCUT2D eigenvalue weighted by Gasteiger charge is 2.70. The van der Waals surface area contributed by atoms with E-state index in [1.807, 2.05) is 20.8 Å². The smallest absolute Gasteiger partial charge is 0.311 e. The van der Waals surface area contributed by atoms with E-state index < -0.39 is 23.4 Å². The second kappa shape index (κ2) is 4.51. The number of hydrogen-bond acceptors (Lipinski definition) is 5. The largest absolute Gasteiger partial charge is 0.481 e. The van der Waals surface area contributed by atoms with Gasteiger partial charge in [-0.15, -0.1) is 0 Å². The first kappa shape index (κ1) is 14.6. The van der Waals surface area contributed by atoms with Crippen molar-refractivity contribution in [1.29, 1.82) is 0 Å². The number of esters is 1. The Morgan fingerprint density at radius 3 is 2.14 bits per heavy atom. The zero-order valence-corrected chi connectivity index (χ0v) is 13.6. The number of thioether (sulfide) groups is 1. The Morgan fingerprint density at radius 2 is 1.64 bits per heavy atom. The van der Waals surface area contributed by atoms with Crippen LogP contribution in [0.2, 0.25) is 0 Å². The van der Waals surface area contributed by atoms with Gasteiger partial charge in [0.25, 0.3) is 0 Å². The van der Waals surface area contributed by atoms with Crippen molar-refractivity contribution in [2.75, 3.05) is 0 Å². The quantitative estimate of drug-likeness (QED) is 0.616. The number of carboxylic acids is 1. The molecule has 4 heterocycles. The molecule has 0 spiro atoms. The summed E-state index contributed by atoms with van der Waals surface area (Å²) >= 11 is 1.67. The Hall–Kier alpha value is -1.01. The van der Waals surface area contributed by atoms with E-state index in [0.717, 1.165) is 0 Å².